The van der Waals surface area contributed by atoms with Crippen LogP contribution in [0.15, 0.2) is 24.7 Å². The van der Waals surface area contributed by atoms with E-state index in [1.807, 2.05) is 0 Å². The van der Waals surface area contributed by atoms with Crippen LogP contribution >= 0.6 is 0 Å². The molecule has 0 unspecified atom stereocenters. The fourth-order valence-corrected chi connectivity index (χ4v) is 1.25. The van der Waals surface area contributed by atoms with E-state index < -0.39 is 5.97 Å². The molecule has 0 aliphatic rings. The van der Waals surface area contributed by atoms with Gasteiger partial charge in [0, 0.05) is 13.2 Å². The highest BCUT2D eigenvalue weighted by atomic mass is 16.4. The van der Waals surface area contributed by atoms with Crippen LogP contribution in [0.25, 0.3) is 11.5 Å². The fourth-order valence-electron chi connectivity index (χ4n) is 1.25. The van der Waals surface area contributed by atoms with E-state index in [9.17, 15) is 4.79 Å². The lowest BCUT2D eigenvalue weighted by atomic mass is 10.2. The first-order valence-corrected chi connectivity index (χ1v) is 4.23. The van der Waals surface area contributed by atoms with Gasteiger partial charge in [0.1, 0.15) is 12.0 Å². The maximum atomic E-state index is 10.9. The number of aromatic nitrogens is 4. The monoisotopic (exact) mass is 204 g/mol. The second-order valence-electron chi connectivity index (χ2n) is 2.97. The van der Waals surface area contributed by atoms with Crippen LogP contribution in [0.5, 0.6) is 0 Å². The largest absolute Gasteiger partial charge is 0.478 e. The Labute approximate surface area is 85.2 Å². The van der Waals surface area contributed by atoms with E-state index in [4.69, 9.17) is 5.11 Å². The van der Waals surface area contributed by atoms with Crippen LogP contribution in [0.1, 0.15) is 10.4 Å². The number of carboxylic acids is 1. The molecule has 0 aliphatic heterocycles. The van der Waals surface area contributed by atoms with E-state index in [0.717, 1.165) is 0 Å². The first kappa shape index (κ1) is 9.32. The van der Waals surface area contributed by atoms with Crippen molar-refractivity contribution in [1.82, 2.24) is 19.7 Å². The minimum atomic E-state index is -1.03. The first-order valence-electron chi connectivity index (χ1n) is 4.23. The highest BCUT2D eigenvalue weighted by molar-refractivity contribution is 5.93. The Hall–Kier alpha value is -2.24. The van der Waals surface area contributed by atoms with Gasteiger partial charge in [0.25, 0.3) is 0 Å². The Morgan fingerprint density at radius 3 is 2.93 bits per heavy atom. The molecule has 0 fully saturated rings. The third-order valence-corrected chi connectivity index (χ3v) is 1.96. The molecule has 0 radical (unpaired) electrons. The van der Waals surface area contributed by atoms with Gasteiger partial charge in [-0.25, -0.2) is 4.79 Å². The van der Waals surface area contributed by atoms with Crippen molar-refractivity contribution in [1.29, 1.82) is 0 Å². The van der Waals surface area contributed by atoms with E-state index in [1.54, 1.807) is 17.7 Å². The fraction of sp³-hybridized carbons (Fsp3) is 0.111. The van der Waals surface area contributed by atoms with Crippen LogP contribution in [0.4, 0.5) is 0 Å². The van der Waals surface area contributed by atoms with Crippen LogP contribution in [0.3, 0.4) is 0 Å². The molecule has 0 bridgehead atoms. The molecular weight excluding hydrogens is 196 g/mol. The number of aryl methyl sites for hydroxylation is 1. The summed E-state index contributed by atoms with van der Waals surface area (Å²) >= 11 is 0. The Morgan fingerprint density at radius 2 is 2.33 bits per heavy atom. The molecule has 76 valence electrons. The number of hydrogen-bond acceptors (Lipinski definition) is 4. The van der Waals surface area contributed by atoms with Gasteiger partial charge < -0.3 is 9.67 Å². The van der Waals surface area contributed by atoms with Crippen LogP contribution in [0, 0.1) is 0 Å². The number of aromatic carboxylic acids is 1. The van der Waals surface area contributed by atoms with Crippen LogP contribution in [0.2, 0.25) is 0 Å². The highest BCUT2D eigenvalue weighted by Gasteiger charge is 2.15. The molecule has 6 nitrogen and oxygen atoms in total. The minimum absolute atomic E-state index is 0.119. The molecular formula is C9H8N4O2. The van der Waals surface area contributed by atoms with Crippen LogP contribution in [-0.4, -0.2) is 30.8 Å². The number of hydrogen-bond donors (Lipinski definition) is 1. The maximum absolute atomic E-state index is 10.9. The Balaban J connectivity index is 2.63. The lowest BCUT2D eigenvalue weighted by Gasteiger charge is -2.02. The van der Waals surface area contributed by atoms with Crippen molar-refractivity contribution in [3.8, 4) is 11.5 Å². The maximum Gasteiger partial charge on any atom is 0.338 e. The standard InChI is InChI=1S/C9H8N4O2/c1-13-5-11-12-8(13)7-6(9(14)15)3-2-4-10-7/h2-5H,1H3,(H,14,15). The predicted molar refractivity (Wildman–Crippen MR) is 51.2 cm³/mol. The minimum Gasteiger partial charge on any atom is -0.478 e. The SMILES string of the molecule is Cn1cnnc1-c1ncccc1C(=O)O. The van der Waals surface area contributed by atoms with Gasteiger partial charge in [0.15, 0.2) is 5.82 Å². The van der Waals surface area contributed by atoms with E-state index in [1.165, 1.54) is 18.6 Å². The van der Waals surface area contributed by atoms with Crippen molar-refractivity contribution in [2.75, 3.05) is 0 Å². The summed E-state index contributed by atoms with van der Waals surface area (Å²) in [4.78, 5) is 14.9. The average molecular weight is 204 g/mol. The molecule has 0 saturated heterocycles. The summed E-state index contributed by atoms with van der Waals surface area (Å²) in [6.07, 6.45) is 3.02. The van der Waals surface area contributed by atoms with Crippen molar-refractivity contribution in [3.63, 3.8) is 0 Å². The molecule has 0 aliphatic carbocycles. The Kier molecular flexibility index (Phi) is 2.17. The highest BCUT2D eigenvalue weighted by Crippen LogP contribution is 2.17. The quantitative estimate of drug-likeness (QED) is 0.773. The molecule has 2 heterocycles. The molecule has 0 aromatic carbocycles. The van der Waals surface area contributed by atoms with Crippen molar-refractivity contribution in [3.05, 3.63) is 30.2 Å². The van der Waals surface area contributed by atoms with E-state index >= 15 is 0 Å². The van der Waals surface area contributed by atoms with E-state index in [0.29, 0.717) is 11.5 Å². The second kappa shape index (κ2) is 3.49. The zero-order valence-electron chi connectivity index (χ0n) is 7.95. The molecule has 2 aromatic rings. The molecule has 0 atom stereocenters. The third kappa shape index (κ3) is 1.56. The van der Waals surface area contributed by atoms with Crippen molar-refractivity contribution in [2.24, 2.45) is 7.05 Å². The lowest BCUT2D eigenvalue weighted by molar-refractivity contribution is 0.0697. The first-order chi connectivity index (χ1) is 7.20. The Morgan fingerprint density at radius 1 is 1.53 bits per heavy atom. The van der Waals surface area contributed by atoms with Gasteiger partial charge in [-0.2, -0.15) is 0 Å². The number of carboxylic acid groups (broad SMARTS) is 1. The van der Waals surface area contributed by atoms with Gasteiger partial charge in [-0.05, 0) is 12.1 Å². The van der Waals surface area contributed by atoms with E-state index in [2.05, 4.69) is 15.2 Å². The number of carbonyl (C=O) groups is 1. The van der Waals surface area contributed by atoms with Gasteiger partial charge in [0.2, 0.25) is 0 Å². The van der Waals surface area contributed by atoms with Crippen LogP contribution < -0.4 is 0 Å². The van der Waals surface area contributed by atoms with Crippen LogP contribution in [-0.2, 0) is 7.05 Å². The van der Waals surface area contributed by atoms with E-state index in [-0.39, 0.29) is 5.56 Å². The van der Waals surface area contributed by atoms with Gasteiger partial charge in [0.05, 0.1) is 5.56 Å². The molecule has 0 spiro atoms. The summed E-state index contributed by atoms with van der Waals surface area (Å²) < 4.78 is 1.62. The summed E-state index contributed by atoms with van der Waals surface area (Å²) in [7, 11) is 1.73. The Bertz CT molecular complexity index is 506. The van der Waals surface area contributed by atoms with Crippen molar-refractivity contribution >= 4 is 5.97 Å². The number of pyridine rings is 1. The zero-order valence-corrected chi connectivity index (χ0v) is 7.95. The molecule has 0 amide bonds. The number of rotatable bonds is 2. The summed E-state index contributed by atoms with van der Waals surface area (Å²) in [5.74, 6) is -0.589. The summed E-state index contributed by atoms with van der Waals surface area (Å²) in [6.45, 7) is 0. The normalized spacial score (nSPS) is 10.2. The van der Waals surface area contributed by atoms with Gasteiger partial charge >= 0.3 is 5.97 Å². The predicted octanol–water partition coefficient (Wildman–Crippen LogP) is 0.575. The van der Waals surface area contributed by atoms with Gasteiger partial charge in [-0.15, -0.1) is 10.2 Å². The lowest BCUT2D eigenvalue weighted by Crippen LogP contribution is -2.04. The average Bonchev–Trinajstić information content (AvgIpc) is 2.64. The third-order valence-electron chi connectivity index (χ3n) is 1.96. The smallest absolute Gasteiger partial charge is 0.338 e. The molecule has 0 saturated carbocycles. The molecule has 2 aromatic heterocycles. The summed E-state index contributed by atoms with van der Waals surface area (Å²) in [6, 6.07) is 3.06. The molecule has 1 N–H and O–H groups in total. The topological polar surface area (TPSA) is 80.9 Å². The second-order valence-corrected chi connectivity index (χ2v) is 2.97. The van der Waals surface area contributed by atoms with Crippen molar-refractivity contribution < 1.29 is 9.90 Å². The summed E-state index contributed by atoms with van der Waals surface area (Å²) in [5, 5.41) is 16.5. The zero-order chi connectivity index (χ0) is 10.8. The van der Waals surface area contributed by atoms with Gasteiger partial charge in [-0.3, -0.25) is 4.98 Å². The summed E-state index contributed by atoms with van der Waals surface area (Å²) in [5.41, 5.74) is 0.443. The molecule has 15 heavy (non-hydrogen) atoms. The molecule has 2 rings (SSSR count). The number of nitrogens with zero attached hydrogens (tertiary/aromatic N) is 4. The van der Waals surface area contributed by atoms with Crippen molar-refractivity contribution in [2.45, 2.75) is 0 Å². The van der Waals surface area contributed by atoms with Gasteiger partial charge in [-0.1, -0.05) is 0 Å². The molecule has 6 heteroatoms.